The molecule has 0 bridgehead atoms. The minimum Gasteiger partial charge on any atom is -0.493 e. The molecule has 2 rings (SSSR count). The molecule has 0 spiro atoms. The van der Waals surface area contributed by atoms with Gasteiger partial charge >= 0.3 is 5.97 Å². The number of anilines is 1. The van der Waals surface area contributed by atoms with Gasteiger partial charge in [-0.15, -0.1) is 0 Å². The highest BCUT2D eigenvalue weighted by atomic mass is 28.4. The number of aliphatic carboxylic acids is 1. The average molecular weight is 414 g/mol. The summed E-state index contributed by atoms with van der Waals surface area (Å²) in [6, 6.07) is 15.3. The molecule has 0 fully saturated rings. The fraction of sp³-hybridized carbons (Fsp3) is 0.348. The number of aryl methyl sites for hydroxylation is 1. The molecule has 156 valence electrons. The molecule has 2 aromatic rings. The number of benzene rings is 2. The van der Waals surface area contributed by atoms with Gasteiger partial charge in [-0.3, -0.25) is 4.79 Å². The van der Waals surface area contributed by atoms with Crippen molar-refractivity contribution in [3.8, 4) is 5.75 Å². The molecule has 1 unspecified atom stereocenters. The Morgan fingerprint density at radius 1 is 1.17 bits per heavy atom. The highest BCUT2D eigenvalue weighted by Crippen LogP contribution is 2.21. The molecule has 3 N–H and O–H groups in total. The van der Waals surface area contributed by atoms with Gasteiger partial charge in [0.25, 0.3) is 0 Å². The summed E-state index contributed by atoms with van der Waals surface area (Å²) in [5.41, 5.74) is 8.53. The fourth-order valence-corrected chi connectivity index (χ4v) is 4.01. The molecule has 0 saturated heterocycles. The number of carboxylic acids is 1. The Balaban J connectivity index is 2.00. The second kappa shape index (κ2) is 10.8. The van der Waals surface area contributed by atoms with E-state index in [0.29, 0.717) is 19.4 Å². The number of rotatable bonds is 11. The van der Waals surface area contributed by atoms with Crippen molar-refractivity contribution in [3.63, 3.8) is 0 Å². The zero-order chi connectivity index (χ0) is 21.3. The Bertz CT molecular complexity index is 830. The molecule has 0 radical (unpaired) electrons. The van der Waals surface area contributed by atoms with E-state index in [1.807, 2.05) is 54.6 Å². The molecular formula is C23H31NO4Si. The zero-order valence-electron chi connectivity index (χ0n) is 17.4. The highest BCUT2D eigenvalue weighted by Gasteiger charge is 2.19. The average Bonchev–Trinajstić information content (AvgIpc) is 2.64. The SMILES string of the molecule is C[Si](C)(C)OC(C=Cc1cccc(N)c1)CCOc1ccccc1CCC(=O)O. The maximum Gasteiger partial charge on any atom is 0.303 e. The van der Waals surface area contributed by atoms with E-state index < -0.39 is 14.3 Å². The molecule has 0 amide bonds. The van der Waals surface area contributed by atoms with Crippen molar-refractivity contribution in [2.75, 3.05) is 12.3 Å². The van der Waals surface area contributed by atoms with Crippen LogP contribution in [0.3, 0.4) is 0 Å². The molecule has 2 aromatic carbocycles. The smallest absolute Gasteiger partial charge is 0.303 e. The Morgan fingerprint density at radius 2 is 1.93 bits per heavy atom. The number of carboxylic acid groups (broad SMARTS) is 1. The molecule has 6 heteroatoms. The molecular weight excluding hydrogens is 382 g/mol. The molecule has 0 aliphatic heterocycles. The summed E-state index contributed by atoms with van der Waals surface area (Å²) in [6.45, 7) is 6.98. The van der Waals surface area contributed by atoms with Crippen molar-refractivity contribution in [1.82, 2.24) is 0 Å². The van der Waals surface area contributed by atoms with Crippen LogP contribution in [-0.2, 0) is 15.6 Å². The predicted molar refractivity (Wildman–Crippen MR) is 121 cm³/mol. The fourth-order valence-electron chi connectivity index (χ4n) is 2.91. The van der Waals surface area contributed by atoms with E-state index in [1.165, 1.54) is 0 Å². The monoisotopic (exact) mass is 413 g/mol. The minimum absolute atomic E-state index is 0.0609. The van der Waals surface area contributed by atoms with E-state index >= 15 is 0 Å². The second-order valence-corrected chi connectivity index (χ2v) is 12.4. The van der Waals surface area contributed by atoms with Gasteiger partial charge in [0.1, 0.15) is 5.75 Å². The van der Waals surface area contributed by atoms with Gasteiger partial charge in [-0.1, -0.05) is 42.5 Å². The standard InChI is InChI=1S/C23H31NO4Si/c1-29(2,3)28-21(13-11-18-7-6-9-20(24)17-18)15-16-27-22-10-5-4-8-19(22)12-14-23(25)26/h4-11,13,17,21H,12,14-16,24H2,1-3H3,(H,25,26). The van der Waals surface area contributed by atoms with Crippen LogP contribution in [0.2, 0.25) is 19.6 Å². The Labute approximate surface area is 174 Å². The van der Waals surface area contributed by atoms with Gasteiger partial charge in [-0.05, 0) is 55.4 Å². The van der Waals surface area contributed by atoms with Gasteiger partial charge in [0, 0.05) is 18.5 Å². The zero-order valence-corrected chi connectivity index (χ0v) is 18.4. The van der Waals surface area contributed by atoms with Gasteiger partial charge in [-0.25, -0.2) is 0 Å². The largest absolute Gasteiger partial charge is 0.493 e. The van der Waals surface area contributed by atoms with E-state index in [2.05, 4.69) is 25.7 Å². The van der Waals surface area contributed by atoms with Crippen LogP contribution in [0.4, 0.5) is 5.69 Å². The molecule has 0 heterocycles. The third-order valence-electron chi connectivity index (χ3n) is 4.16. The molecule has 1 atom stereocenters. The maximum atomic E-state index is 10.9. The van der Waals surface area contributed by atoms with Crippen LogP contribution in [0.25, 0.3) is 6.08 Å². The van der Waals surface area contributed by atoms with Crippen LogP contribution < -0.4 is 10.5 Å². The third-order valence-corrected chi connectivity index (χ3v) is 5.17. The Hall–Kier alpha value is -2.57. The van der Waals surface area contributed by atoms with Crippen molar-refractivity contribution >= 4 is 26.1 Å². The normalized spacial score (nSPS) is 12.8. The first-order chi connectivity index (χ1) is 13.7. The summed E-state index contributed by atoms with van der Waals surface area (Å²) in [5.74, 6) is -0.0737. The number of nitrogen functional groups attached to an aromatic ring is 1. The van der Waals surface area contributed by atoms with Gasteiger partial charge in [0.05, 0.1) is 12.7 Å². The number of para-hydroxylation sites is 1. The summed E-state index contributed by atoms with van der Waals surface area (Å²) >= 11 is 0. The maximum absolute atomic E-state index is 10.9. The topological polar surface area (TPSA) is 81.8 Å². The quantitative estimate of drug-likeness (QED) is 0.401. The third kappa shape index (κ3) is 8.98. The first-order valence-corrected chi connectivity index (χ1v) is 13.3. The number of hydrogen-bond donors (Lipinski definition) is 2. The van der Waals surface area contributed by atoms with Gasteiger partial charge < -0.3 is 20.0 Å². The van der Waals surface area contributed by atoms with E-state index in [-0.39, 0.29) is 12.5 Å². The van der Waals surface area contributed by atoms with E-state index in [1.54, 1.807) is 0 Å². The van der Waals surface area contributed by atoms with Crippen LogP contribution in [-0.4, -0.2) is 32.1 Å². The molecule has 0 aliphatic carbocycles. The van der Waals surface area contributed by atoms with Crippen molar-refractivity contribution in [2.24, 2.45) is 0 Å². The predicted octanol–water partition coefficient (Wildman–Crippen LogP) is 4.99. The van der Waals surface area contributed by atoms with Crippen LogP contribution in [0.5, 0.6) is 5.75 Å². The first-order valence-electron chi connectivity index (χ1n) is 9.87. The van der Waals surface area contributed by atoms with E-state index in [9.17, 15) is 4.79 Å². The van der Waals surface area contributed by atoms with Crippen LogP contribution in [0.1, 0.15) is 24.0 Å². The molecule has 0 saturated carbocycles. The first kappa shape index (κ1) is 22.7. The van der Waals surface area contributed by atoms with Crippen LogP contribution in [0.15, 0.2) is 54.6 Å². The number of nitrogens with two attached hydrogens (primary N) is 1. The van der Waals surface area contributed by atoms with Crippen LogP contribution in [0, 0.1) is 0 Å². The van der Waals surface area contributed by atoms with Gasteiger partial charge in [0.2, 0.25) is 0 Å². The van der Waals surface area contributed by atoms with Crippen LogP contribution >= 0.6 is 0 Å². The van der Waals surface area contributed by atoms with Gasteiger partial charge in [0.15, 0.2) is 8.32 Å². The Kier molecular flexibility index (Phi) is 8.48. The number of carbonyl (C=O) groups is 1. The second-order valence-electron chi connectivity index (χ2n) is 7.94. The highest BCUT2D eigenvalue weighted by molar-refractivity contribution is 6.69. The number of hydrogen-bond acceptors (Lipinski definition) is 4. The molecule has 0 aliphatic rings. The Morgan fingerprint density at radius 3 is 2.62 bits per heavy atom. The van der Waals surface area contributed by atoms with Gasteiger partial charge in [-0.2, -0.15) is 0 Å². The summed E-state index contributed by atoms with van der Waals surface area (Å²) < 4.78 is 12.3. The van der Waals surface area contributed by atoms with E-state index in [0.717, 1.165) is 22.6 Å². The summed E-state index contributed by atoms with van der Waals surface area (Å²) in [5, 5.41) is 8.92. The van der Waals surface area contributed by atoms with Crippen molar-refractivity contribution in [2.45, 2.75) is 45.0 Å². The van der Waals surface area contributed by atoms with Crippen molar-refractivity contribution in [1.29, 1.82) is 0 Å². The number of ether oxygens (including phenoxy) is 1. The minimum atomic E-state index is -1.73. The van der Waals surface area contributed by atoms with Crippen molar-refractivity contribution in [3.05, 3.63) is 65.7 Å². The summed E-state index contributed by atoms with van der Waals surface area (Å²) in [6.07, 6.45) is 5.28. The molecule has 5 nitrogen and oxygen atoms in total. The van der Waals surface area contributed by atoms with E-state index in [4.69, 9.17) is 20.0 Å². The lowest BCUT2D eigenvalue weighted by Gasteiger charge is -2.24. The summed E-state index contributed by atoms with van der Waals surface area (Å²) in [4.78, 5) is 10.9. The molecule has 29 heavy (non-hydrogen) atoms. The lowest BCUT2D eigenvalue weighted by Crippen LogP contribution is -2.32. The lowest BCUT2D eigenvalue weighted by atomic mass is 10.1. The molecule has 0 aromatic heterocycles. The summed E-state index contributed by atoms with van der Waals surface area (Å²) in [7, 11) is -1.73. The van der Waals surface area contributed by atoms with Crippen molar-refractivity contribution < 1.29 is 19.1 Å². The lowest BCUT2D eigenvalue weighted by molar-refractivity contribution is -0.136.